The Morgan fingerprint density at radius 2 is 2.16 bits per heavy atom. The summed E-state index contributed by atoms with van der Waals surface area (Å²) in [5, 5.41) is 11.9. The fraction of sp³-hybridized carbons (Fsp3) is 0.429. The SMILES string of the molecule is CC(C)C(=O)Cn1c(NCCO)nc2ccccc21. The van der Waals surface area contributed by atoms with E-state index in [1.807, 2.05) is 42.7 Å². The molecule has 0 amide bonds. The molecule has 0 radical (unpaired) electrons. The fourth-order valence-corrected chi connectivity index (χ4v) is 1.88. The highest BCUT2D eigenvalue weighted by atomic mass is 16.3. The predicted octanol–water partition coefficient (Wildman–Crippen LogP) is 1.67. The number of carbonyl (C=O) groups excluding carboxylic acids is 1. The zero-order chi connectivity index (χ0) is 13.8. The van der Waals surface area contributed by atoms with Crippen LogP contribution >= 0.6 is 0 Å². The molecule has 19 heavy (non-hydrogen) atoms. The van der Waals surface area contributed by atoms with E-state index in [2.05, 4.69) is 10.3 Å². The Labute approximate surface area is 112 Å². The van der Waals surface area contributed by atoms with Crippen LogP contribution in [0.2, 0.25) is 0 Å². The molecule has 0 aliphatic heterocycles. The Bertz CT molecular complexity index is 575. The second-order valence-electron chi connectivity index (χ2n) is 4.78. The van der Waals surface area contributed by atoms with E-state index in [1.165, 1.54) is 0 Å². The number of ketones is 1. The third kappa shape index (κ3) is 2.93. The molecule has 0 saturated heterocycles. The van der Waals surface area contributed by atoms with E-state index in [0.717, 1.165) is 11.0 Å². The maximum Gasteiger partial charge on any atom is 0.204 e. The van der Waals surface area contributed by atoms with Gasteiger partial charge in [-0.25, -0.2) is 4.98 Å². The van der Waals surface area contributed by atoms with Crippen LogP contribution in [0.5, 0.6) is 0 Å². The van der Waals surface area contributed by atoms with Crippen molar-refractivity contribution < 1.29 is 9.90 Å². The number of nitrogens with one attached hydrogen (secondary N) is 1. The van der Waals surface area contributed by atoms with E-state index in [9.17, 15) is 4.79 Å². The van der Waals surface area contributed by atoms with Crippen molar-refractivity contribution in [3.8, 4) is 0 Å². The van der Waals surface area contributed by atoms with Crippen LogP contribution in [-0.4, -0.2) is 33.6 Å². The number of aliphatic hydroxyl groups is 1. The molecule has 0 unspecified atom stereocenters. The summed E-state index contributed by atoms with van der Waals surface area (Å²) in [6.45, 7) is 4.52. The van der Waals surface area contributed by atoms with Gasteiger partial charge in [-0.1, -0.05) is 26.0 Å². The summed E-state index contributed by atoms with van der Waals surface area (Å²) < 4.78 is 1.87. The number of benzene rings is 1. The van der Waals surface area contributed by atoms with Gasteiger partial charge in [0.1, 0.15) is 0 Å². The summed E-state index contributed by atoms with van der Waals surface area (Å²) in [6.07, 6.45) is 0. The minimum absolute atomic E-state index is 0.00754. The van der Waals surface area contributed by atoms with Gasteiger partial charge in [-0.15, -0.1) is 0 Å². The third-order valence-electron chi connectivity index (χ3n) is 3.01. The number of aliphatic hydroxyl groups excluding tert-OH is 1. The summed E-state index contributed by atoms with van der Waals surface area (Å²) in [5.74, 6) is 0.784. The zero-order valence-corrected chi connectivity index (χ0v) is 11.3. The van der Waals surface area contributed by atoms with Gasteiger partial charge in [0.15, 0.2) is 5.78 Å². The molecular formula is C14H19N3O2. The van der Waals surface area contributed by atoms with Crippen LogP contribution < -0.4 is 5.32 Å². The van der Waals surface area contributed by atoms with Gasteiger partial charge in [0.05, 0.1) is 24.2 Å². The molecule has 0 saturated carbocycles. The number of imidazole rings is 1. The van der Waals surface area contributed by atoms with Crippen molar-refractivity contribution in [2.24, 2.45) is 5.92 Å². The predicted molar refractivity (Wildman–Crippen MR) is 75.2 cm³/mol. The van der Waals surface area contributed by atoms with Crippen molar-refractivity contribution in [3.63, 3.8) is 0 Å². The number of hydrogen-bond donors (Lipinski definition) is 2. The molecule has 0 atom stereocenters. The van der Waals surface area contributed by atoms with E-state index in [4.69, 9.17) is 5.11 Å². The number of hydrogen-bond acceptors (Lipinski definition) is 4. The van der Waals surface area contributed by atoms with Crippen molar-refractivity contribution in [3.05, 3.63) is 24.3 Å². The second kappa shape index (κ2) is 5.84. The van der Waals surface area contributed by atoms with E-state index in [0.29, 0.717) is 19.0 Å². The zero-order valence-electron chi connectivity index (χ0n) is 11.3. The minimum Gasteiger partial charge on any atom is -0.395 e. The first-order chi connectivity index (χ1) is 9.13. The standard InChI is InChI=1S/C14H19N3O2/c1-10(2)13(19)9-17-12-6-4-3-5-11(12)16-14(17)15-7-8-18/h3-6,10,18H,7-9H2,1-2H3,(H,15,16). The molecular weight excluding hydrogens is 242 g/mol. The number of para-hydroxylation sites is 2. The van der Waals surface area contributed by atoms with E-state index < -0.39 is 0 Å². The van der Waals surface area contributed by atoms with Crippen LogP contribution in [0.4, 0.5) is 5.95 Å². The Morgan fingerprint density at radius 1 is 1.42 bits per heavy atom. The van der Waals surface area contributed by atoms with Gasteiger partial charge in [-0.3, -0.25) is 4.79 Å². The molecule has 5 nitrogen and oxygen atoms in total. The topological polar surface area (TPSA) is 67.2 Å². The molecule has 0 aliphatic carbocycles. The lowest BCUT2D eigenvalue weighted by Gasteiger charge is -2.11. The normalized spacial score (nSPS) is 11.2. The summed E-state index contributed by atoms with van der Waals surface area (Å²) in [4.78, 5) is 16.4. The average Bonchev–Trinajstić information content (AvgIpc) is 2.74. The Balaban J connectivity index is 2.39. The lowest BCUT2D eigenvalue weighted by Crippen LogP contribution is -2.18. The first-order valence-corrected chi connectivity index (χ1v) is 6.46. The van der Waals surface area contributed by atoms with Crippen molar-refractivity contribution in [1.29, 1.82) is 0 Å². The molecule has 1 heterocycles. The van der Waals surface area contributed by atoms with Gasteiger partial charge < -0.3 is 15.0 Å². The van der Waals surface area contributed by atoms with Gasteiger partial charge in [0, 0.05) is 12.5 Å². The molecule has 0 aliphatic rings. The molecule has 2 rings (SSSR count). The number of nitrogens with zero attached hydrogens (tertiary/aromatic N) is 2. The van der Waals surface area contributed by atoms with Crippen LogP contribution in [0.1, 0.15) is 13.8 Å². The number of carbonyl (C=O) groups is 1. The fourth-order valence-electron chi connectivity index (χ4n) is 1.88. The highest BCUT2D eigenvalue weighted by Gasteiger charge is 2.14. The maximum absolute atomic E-state index is 12.0. The Hall–Kier alpha value is -1.88. The molecule has 0 bridgehead atoms. The average molecular weight is 261 g/mol. The lowest BCUT2D eigenvalue weighted by atomic mass is 10.1. The molecule has 1 aromatic carbocycles. The van der Waals surface area contributed by atoms with Crippen LogP contribution in [0.3, 0.4) is 0 Å². The van der Waals surface area contributed by atoms with Crippen LogP contribution in [0.25, 0.3) is 11.0 Å². The van der Waals surface area contributed by atoms with Crippen LogP contribution in [0.15, 0.2) is 24.3 Å². The smallest absolute Gasteiger partial charge is 0.204 e. The third-order valence-corrected chi connectivity index (χ3v) is 3.01. The van der Waals surface area contributed by atoms with Gasteiger partial charge in [-0.2, -0.15) is 0 Å². The number of Topliss-reactive ketones (excluding diaryl/α,β-unsaturated/α-hetero) is 1. The molecule has 2 N–H and O–H groups in total. The summed E-state index contributed by atoms with van der Waals surface area (Å²) in [5.41, 5.74) is 1.77. The van der Waals surface area contributed by atoms with Gasteiger partial charge in [-0.05, 0) is 12.1 Å². The highest BCUT2D eigenvalue weighted by molar-refractivity contribution is 5.85. The summed E-state index contributed by atoms with van der Waals surface area (Å²) >= 11 is 0. The largest absolute Gasteiger partial charge is 0.395 e. The van der Waals surface area contributed by atoms with E-state index >= 15 is 0 Å². The number of rotatable bonds is 6. The Kier molecular flexibility index (Phi) is 4.16. The molecule has 1 aromatic heterocycles. The van der Waals surface area contributed by atoms with Crippen LogP contribution in [-0.2, 0) is 11.3 Å². The van der Waals surface area contributed by atoms with Crippen molar-refractivity contribution in [2.75, 3.05) is 18.5 Å². The highest BCUT2D eigenvalue weighted by Crippen LogP contribution is 2.20. The first kappa shape index (κ1) is 13.5. The van der Waals surface area contributed by atoms with E-state index in [1.54, 1.807) is 0 Å². The van der Waals surface area contributed by atoms with Crippen molar-refractivity contribution in [2.45, 2.75) is 20.4 Å². The van der Waals surface area contributed by atoms with Gasteiger partial charge >= 0.3 is 0 Å². The van der Waals surface area contributed by atoms with E-state index in [-0.39, 0.29) is 18.3 Å². The molecule has 102 valence electrons. The first-order valence-electron chi connectivity index (χ1n) is 6.46. The monoisotopic (exact) mass is 261 g/mol. The number of anilines is 1. The Morgan fingerprint density at radius 3 is 2.84 bits per heavy atom. The quantitative estimate of drug-likeness (QED) is 0.830. The molecule has 5 heteroatoms. The van der Waals surface area contributed by atoms with Crippen LogP contribution in [0, 0.1) is 5.92 Å². The summed E-state index contributed by atoms with van der Waals surface area (Å²) in [7, 11) is 0. The summed E-state index contributed by atoms with van der Waals surface area (Å²) in [6, 6.07) is 7.70. The maximum atomic E-state index is 12.0. The van der Waals surface area contributed by atoms with Gasteiger partial charge in [0.2, 0.25) is 5.95 Å². The molecule has 0 fully saturated rings. The number of fused-ring (bicyclic) bond motifs is 1. The van der Waals surface area contributed by atoms with Gasteiger partial charge in [0.25, 0.3) is 0 Å². The molecule has 0 spiro atoms. The minimum atomic E-state index is -0.00754. The van der Waals surface area contributed by atoms with Crippen molar-refractivity contribution in [1.82, 2.24) is 9.55 Å². The van der Waals surface area contributed by atoms with Crippen molar-refractivity contribution >= 4 is 22.8 Å². The lowest BCUT2D eigenvalue weighted by molar-refractivity contribution is -0.122. The number of aromatic nitrogens is 2. The molecule has 2 aromatic rings. The second-order valence-corrected chi connectivity index (χ2v) is 4.78.